The van der Waals surface area contributed by atoms with Crippen LogP contribution in [0.3, 0.4) is 0 Å². The first kappa shape index (κ1) is 16.5. The summed E-state index contributed by atoms with van der Waals surface area (Å²) < 4.78 is 6.67. The lowest BCUT2D eigenvalue weighted by atomic mass is 10.1. The number of para-hydroxylation sites is 1. The lowest BCUT2D eigenvalue weighted by molar-refractivity contribution is 0.0594. The molecule has 0 aliphatic rings. The van der Waals surface area contributed by atoms with Gasteiger partial charge in [0.05, 0.1) is 19.2 Å². The number of aryl methyl sites for hydroxylation is 1. The molecule has 0 radical (unpaired) electrons. The fraction of sp³-hybridized carbons (Fsp3) is 0.158. The number of aromatic nitrogens is 4. The minimum Gasteiger partial charge on any atom is -0.464 e. The highest BCUT2D eigenvalue weighted by Gasteiger charge is 2.15. The van der Waals surface area contributed by atoms with Crippen molar-refractivity contribution in [3.8, 4) is 0 Å². The zero-order chi connectivity index (χ0) is 18.3. The summed E-state index contributed by atoms with van der Waals surface area (Å²) in [5.41, 5.74) is 3.26. The molecule has 4 rings (SSSR count). The topological polar surface area (TPSA) is 69.9 Å². The van der Waals surface area contributed by atoms with Crippen molar-refractivity contribution in [3.63, 3.8) is 0 Å². The molecule has 0 bridgehead atoms. The lowest BCUT2D eigenvalue weighted by Crippen LogP contribution is -2.08. The Balaban J connectivity index is 1.83. The number of nitrogens with zero attached hydrogens (tertiary/aromatic N) is 4. The van der Waals surface area contributed by atoms with Crippen LogP contribution in [0.2, 0.25) is 5.15 Å². The molecule has 0 N–H and O–H groups in total. The zero-order valence-electron chi connectivity index (χ0n) is 14.2. The Morgan fingerprint density at radius 2 is 1.92 bits per heavy atom. The van der Waals surface area contributed by atoms with Gasteiger partial charge in [0.15, 0.2) is 11.3 Å². The van der Waals surface area contributed by atoms with Crippen LogP contribution in [-0.2, 0) is 11.3 Å². The molecule has 0 saturated carbocycles. The largest absolute Gasteiger partial charge is 0.464 e. The van der Waals surface area contributed by atoms with E-state index in [-0.39, 0.29) is 5.69 Å². The molecule has 0 aliphatic carbocycles. The Labute approximate surface area is 154 Å². The molecule has 7 heteroatoms. The van der Waals surface area contributed by atoms with Gasteiger partial charge < -0.3 is 9.30 Å². The first-order chi connectivity index (χ1) is 12.6. The molecule has 0 fully saturated rings. The minimum atomic E-state index is -0.484. The van der Waals surface area contributed by atoms with E-state index < -0.39 is 5.97 Å². The highest BCUT2D eigenvalue weighted by atomic mass is 35.5. The van der Waals surface area contributed by atoms with Gasteiger partial charge in [0, 0.05) is 10.9 Å². The third kappa shape index (κ3) is 2.78. The number of carbonyl (C=O) groups excluding carboxylic acids is 1. The molecule has 3 aromatic heterocycles. The van der Waals surface area contributed by atoms with E-state index in [0.717, 1.165) is 22.3 Å². The molecule has 26 heavy (non-hydrogen) atoms. The number of ether oxygens (including phenoxy) is 1. The van der Waals surface area contributed by atoms with E-state index >= 15 is 0 Å². The number of rotatable bonds is 3. The van der Waals surface area contributed by atoms with Crippen molar-refractivity contribution >= 4 is 39.6 Å². The minimum absolute atomic E-state index is 0.240. The van der Waals surface area contributed by atoms with Crippen LogP contribution < -0.4 is 0 Å². The van der Waals surface area contributed by atoms with Gasteiger partial charge in [-0.1, -0.05) is 29.8 Å². The molecule has 130 valence electrons. The van der Waals surface area contributed by atoms with Gasteiger partial charge in [-0.3, -0.25) is 0 Å². The standard InChI is InChI=1S/C19H15ClN4O2/c1-11-21-15-7-8-16(19(25)26-2)23-18(15)24(11)10-13-9-12-5-3-4-6-14(12)22-17(13)20/h3-9H,10H2,1-2H3. The number of hydrogen-bond donors (Lipinski definition) is 0. The number of halogens is 1. The second-order valence-electron chi connectivity index (χ2n) is 5.91. The third-order valence-electron chi connectivity index (χ3n) is 4.26. The molecule has 0 saturated heterocycles. The van der Waals surface area contributed by atoms with Crippen LogP contribution in [0.1, 0.15) is 21.9 Å². The molecular weight excluding hydrogens is 352 g/mol. The van der Waals surface area contributed by atoms with Crippen LogP contribution in [0.15, 0.2) is 42.5 Å². The van der Waals surface area contributed by atoms with Gasteiger partial charge in [-0.05, 0) is 31.2 Å². The normalized spacial score (nSPS) is 11.2. The molecule has 6 nitrogen and oxygen atoms in total. The molecule has 0 spiro atoms. The van der Waals surface area contributed by atoms with Gasteiger partial charge in [0.2, 0.25) is 0 Å². The number of methoxy groups -OCH3 is 1. The summed E-state index contributed by atoms with van der Waals surface area (Å²) in [6.07, 6.45) is 0. The second-order valence-corrected chi connectivity index (χ2v) is 6.26. The van der Waals surface area contributed by atoms with Crippen molar-refractivity contribution < 1.29 is 9.53 Å². The van der Waals surface area contributed by atoms with Gasteiger partial charge in [-0.15, -0.1) is 0 Å². The maximum Gasteiger partial charge on any atom is 0.356 e. The van der Waals surface area contributed by atoms with Gasteiger partial charge in [-0.25, -0.2) is 19.7 Å². The molecule has 4 aromatic rings. The van der Waals surface area contributed by atoms with Gasteiger partial charge in [0.1, 0.15) is 16.5 Å². The first-order valence-electron chi connectivity index (χ1n) is 8.03. The Bertz CT molecular complexity index is 1150. The van der Waals surface area contributed by atoms with Gasteiger partial charge >= 0.3 is 5.97 Å². The Morgan fingerprint density at radius 1 is 1.12 bits per heavy atom. The van der Waals surface area contributed by atoms with Crippen LogP contribution in [-0.4, -0.2) is 32.6 Å². The summed E-state index contributed by atoms with van der Waals surface area (Å²) >= 11 is 6.39. The van der Waals surface area contributed by atoms with Gasteiger partial charge in [-0.2, -0.15) is 0 Å². The average Bonchev–Trinajstić information content (AvgIpc) is 2.96. The zero-order valence-corrected chi connectivity index (χ0v) is 15.0. The van der Waals surface area contributed by atoms with Crippen molar-refractivity contribution in [1.82, 2.24) is 19.5 Å². The van der Waals surface area contributed by atoms with Crippen LogP contribution in [0.25, 0.3) is 22.1 Å². The molecule has 1 aromatic carbocycles. The Hall–Kier alpha value is -2.99. The predicted molar refractivity (Wildman–Crippen MR) is 99.5 cm³/mol. The summed E-state index contributed by atoms with van der Waals surface area (Å²) in [5, 5.41) is 1.45. The average molecular weight is 367 g/mol. The molecular formula is C19H15ClN4O2. The predicted octanol–water partition coefficient (Wildman–Crippen LogP) is 3.78. The van der Waals surface area contributed by atoms with Crippen molar-refractivity contribution in [2.75, 3.05) is 7.11 Å². The second kappa shape index (κ2) is 6.38. The number of hydrogen-bond acceptors (Lipinski definition) is 5. The fourth-order valence-corrected chi connectivity index (χ4v) is 3.15. The Morgan fingerprint density at radius 3 is 2.73 bits per heavy atom. The van der Waals surface area contributed by atoms with Crippen molar-refractivity contribution in [2.45, 2.75) is 13.5 Å². The summed E-state index contributed by atoms with van der Waals surface area (Å²) in [5.74, 6) is 0.293. The van der Waals surface area contributed by atoms with E-state index in [9.17, 15) is 4.79 Å². The molecule has 0 amide bonds. The van der Waals surface area contributed by atoms with Crippen molar-refractivity contribution in [1.29, 1.82) is 0 Å². The fourth-order valence-electron chi connectivity index (χ4n) is 2.94. The quantitative estimate of drug-likeness (QED) is 0.407. The summed E-state index contributed by atoms with van der Waals surface area (Å²) in [6.45, 7) is 2.35. The number of imidazole rings is 1. The lowest BCUT2D eigenvalue weighted by Gasteiger charge is -2.09. The molecule has 0 atom stereocenters. The maximum absolute atomic E-state index is 11.8. The monoisotopic (exact) mass is 366 g/mol. The number of pyridine rings is 2. The SMILES string of the molecule is COC(=O)c1ccc2nc(C)n(Cc3cc4ccccc4nc3Cl)c2n1. The van der Waals surface area contributed by atoms with E-state index in [1.807, 2.05) is 41.8 Å². The third-order valence-corrected chi connectivity index (χ3v) is 4.58. The smallest absolute Gasteiger partial charge is 0.356 e. The highest BCUT2D eigenvalue weighted by Crippen LogP contribution is 2.24. The first-order valence-corrected chi connectivity index (χ1v) is 8.41. The molecule has 3 heterocycles. The number of fused-ring (bicyclic) bond motifs is 2. The van der Waals surface area contributed by atoms with Gasteiger partial charge in [0.25, 0.3) is 0 Å². The molecule has 0 aliphatic heterocycles. The Kier molecular flexibility index (Phi) is 4.05. The molecule has 0 unspecified atom stereocenters. The van der Waals surface area contributed by atoms with E-state index in [1.54, 1.807) is 12.1 Å². The van der Waals surface area contributed by atoms with Crippen LogP contribution in [0.5, 0.6) is 0 Å². The van der Waals surface area contributed by atoms with Crippen molar-refractivity contribution in [2.24, 2.45) is 0 Å². The highest BCUT2D eigenvalue weighted by molar-refractivity contribution is 6.30. The number of benzene rings is 1. The van der Waals surface area contributed by atoms with E-state index in [4.69, 9.17) is 16.3 Å². The number of esters is 1. The summed E-state index contributed by atoms with van der Waals surface area (Å²) in [7, 11) is 1.33. The number of carbonyl (C=O) groups is 1. The van der Waals surface area contributed by atoms with Crippen LogP contribution in [0, 0.1) is 6.92 Å². The maximum atomic E-state index is 11.8. The van der Waals surface area contributed by atoms with Crippen molar-refractivity contribution in [3.05, 3.63) is 64.7 Å². The summed E-state index contributed by atoms with van der Waals surface area (Å²) in [6, 6.07) is 13.2. The van der Waals surface area contributed by atoms with E-state index in [2.05, 4.69) is 15.0 Å². The summed E-state index contributed by atoms with van der Waals surface area (Å²) in [4.78, 5) is 25.2. The van der Waals surface area contributed by atoms with Crippen LogP contribution in [0.4, 0.5) is 0 Å². The van der Waals surface area contributed by atoms with Crippen LogP contribution >= 0.6 is 11.6 Å². The van der Waals surface area contributed by atoms with E-state index in [0.29, 0.717) is 22.9 Å². The van der Waals surface area contributed by atoms with E-state index in [1.165, 1.54) is 7.11 Å².